The van der Waals surface area contributed by atoms with Crippen molar-refractivity contribution in [1.82, 2.24) is 4.90 Å². The molecule has 1 heterocycles. The molecule has 0 aromatic heterocycles. The highest BCUT2D eigenvalue weighted by atomic mass is 16.5. The van der Waals surface area contributed by atoms with E-state index in [0.717, 1.165) is 50.1 Å². The lowest BCUT2D eigenvalue weighted by molar-refractivity contribution is -0.147. The van der Waals surface area contributed by atoms with Crippen LogP contribution in [0.5, 0.6) is 0 Å². The first-order valence-electron chi connectivity index (χ1n) is 7.76. The molecular formula is C17H26N2O2. The SMILES string of the molecule is CCCN1CCC(Nc2ccccc2C)(C(=O)OC)CC1. The Hall–Kier alpha value is -1.55. The van der Waals surface area contributed by atoms with Crippen LogP contribution in [-0.2, 0) is 9.53 Å². The Balaban J connectivity index is 2.16. The topological polar surface area (TPSA) is 41.6 Å². The first-order valence-corrected chi connectivity index (χ1v) is 7.76. The van der Waals surface area contributed by atoms with Gasteiger partial charge >= 0.3 is 5.97 Å². The number of aryl methyl sites for hydroxylation is 1. The third-order valence-corrected chi connectivity index (χ3v) is 4.34. The number of carbonyl (C=O) groups excluding carboxylic acids is 1. The molecule has 0 atom stereocenters. The highest BCUT2D eigenvalue weighted by Gasteiger charge is 2.42. The number of ether oxygens (including phenoxy) is 1. The first-order chi connectivity index (χ1) is 10.1. The van der Waals surface area contributed by atoms with Crippen molar-refractivity contribution in [3.05, 3.63) is 29.8 Å². The predicted octanol–water partition coefficient (Wildman–Crippen LogP) is 2.82. The van der Waals surface area contributed by atoms with Crippen molar-refractivity contribution in [2.24, 2.45) is 0 Å². The summed E-state index contributed by atoms with van der Waals surface area (Å²) in [5, 5.41) is 3.47. The Bertz CT molecular complexity index is 479. The van der Waals surface area contributed by atoms with Crippen molar-refractivity contribution in [3.8, 4) is 0 Å². The fourth-order valence-electron chi connectivity index (χ4n) is 3.02. The number of nitrogens with one attached hydrogen (secondary N) is 1. The van der Waals surface area contributed by atoms with Crippen LogP contribution in [0.3, 0.4) is 0 Å². The fraction of sp³-hybridized carbons (Fsp3) is 0.588. The van der Waals surface area contributed by atoms with Crippen molar-refractivity contribution in [3.63, 3.8) is 0 Å². The van der Waals surface area contributed by atoms with Gasteiger partial charge in [-0.1, -0.05) is 25.1 Å². The number of methoxy groups -OCH3 is 1. The zero-order valence-corrected chi connectivity index (χ0v) is 13.3. The molecule has 1 aliphatic heterocycles. The van der Waals surface area contributed by atoms with Crippen molar-refractivity contribution < 1.29 is 9.53 Å². The van der Waals surface area contributed by atoms with Crippen molar-refractivity contribution in [1.29, 1.82) is 0 Å². The molecule has 1 aromatic rings. The second-order valence-corrected chi connectivity index (χ2v) is 5.86. The van der Waals surface area contributed by atoms with Gasteiger partial charge in [-0.05, 0) is 44.4 Å². The van der Waals surface area contributed by atoms with Crippen LogP contribution in [0.1, 0.15) is 31.7 Å². The molecule has 21 heavy (non-hydrogen) atoms. The van der Waals surface area contributed by atoms with Crippen LogP contribution in [0.4, 0.5) is 5.69 Å². The standard InChI is InChI=1S/C17H26N2O2/c1-4-11-19-12-9-17(10-13-19,16(20)21-3)18-15-8-6-5-7-14(15)2/h5-8,18H,4,9-13H2,1-3H3. The summed E-state index contributed by atoms with van der Waals surface area (Å²) in [6, 6.07) is 8.08. The van der Waals surface area contributed by atoms with Gasteiger partial charge in [0, 0.05) is 18.8 Å². The molecule has 0 amide bonds. The zero-order valence-electron chi connectivity index (χ0n) is 13.3. The van der Waals surface area contributed by atoms with Crippen LogP contribution in [0.2, 0.25) is 0 Å². The van der Waals surface area contributed by atoms with Gasteiger partial charge in [-0.15, -0.1) is 0 Å². The number of piperidine rings is 1. The van der Waals surface area contributed by atoms with E-state index in [0.29, 0.717) is 0 Å². The minimum Gasteiger partial charge on any atom is -0.467 e. The van der Waals surface area contributed by atoms with Crippen molar-refractivity contribution in [2.45, 2.75) is 38.6 Å². The van der Waals surface area contributed by atoms with Crippen molar-refractivity contribution >= 4 is 11.7 Å². The molecule has 1 saturated heterocycles. The number of esters is 1. The number of hydrogen-bond acceptors (Lipinski definition) is 4. The molecule has 2 rings (SSSR count). The van der Waals surface area contributed by atoms with E-state index in [1.165, 1.54) is 7.11 Å². The lowest BCUT2D eigenvalue weighted by Crippen LogP contribution is -2.55. The van der Waals surface area contributed by atoms with Crippen molar-refractivity contribution in [2.75, 3.05) is 32.1 Å². The molecule has 4 heteroatoms. The summed E-state index contributed by atoms with van der Waals surface area (Å²) in [4.78, 5) is 14.8. The second kappa shape index (κ2) is 6.94. The number of anilines is 1. The number of benzene rings is 1. The average molecular weight is 290 g/mol. The summed E-state index contributed by atoms with van der Waals surface area (Å²) in [6.45, 7) is 7.21. The molecule has 1 aliphatic rings. The number of para-hydroxylation sites is 1. The molecular weight excluding hydrogens is 264 g/mol. The number of hydrogen-bond donors (Lipinski definition) is 1. The molecule has 0 radical (unpaired) electrons. The lowest BCUT2D eigenvalue weighted by Gasteiger charge is -2.41. The molecule has 1 N–H and O–H groups in total. The Kier molecular flexibility index (Phi) is 5.23. The Morgan fingerprint density at radius 3 is 2.57 bits per heavy atom. The summed E-state index contributed by atoms with van der Waals surface area (Å²) < 4.78 is 5.08. The van der Waals surface area contributed by atoms with E-state index in [4.69, 9.17) is 4.74 Å². The van der Waals surface area contributed by atoms with E-state index < -0.39 is 5.54 Å². The maximum atomic E-state index is 12.4. The molecule has 0 spiro atoms. The Labute approximate surface area is 127 Å². The van der Waals surface area contributed by atoms with Gasteiger partial charge in [0.2, 0.25) is 0 Å². The van der Waals surface area contributed by atoms with Gasteiger partial charge in [0.1, 0.15) is 5.54 Å². The van der Waals surface area contributed by atoms with Gasteiger partial charge in [0.25, 0.3) is 0 Å². The number of likely N-dealkylation sites (tertiary alicyclic amines) is 1. The predicted molar refractivity (Wildman–Crippen MR) is 85.5 cm³/mol. The minimum absolute atomic E-state index is 0.151. The number of carbonyl (C=O) groups is 1. The summed E-state index contributed by atoms with van der Waals surface area (Å²) in [5.74, 6) is -0.151. The maximum absolute atomic E-state index is 12.4. The van der Waals surface area contributed by atoms with E-state index >= 15 is 0 Å². The van der Waals surface area contributed by atoms with Crippen LogP contribution < -0.4 is 5.32 Å². The van der Waals surface area contributed by atoms with Gasteiger partial charge in [0.05, 0.1) is 7.11 Å². The molecule has 116 valence electrons. The smallest absolute Gasteiger partial charge is 0.331 e. The second-order valence-electron chi connectivity index (χ2n) is 5.86. The maximum Gasteiger partial charge on any atom is 0.331 e. The van der Waals surface area contributed by atoms with Crippen LogP contribution in [0.15, 0.2) is 24.3 Å². The first kappa shape index (κ1) is 15.8. The largest absolute Gasteiger partial charge is 0.467 e. The third-order valence-electron chi connectivity index (χ3n) is 4.34. The normalized spacial score (nSPS) is 18.2. The van der Waals surface area contributed by atoms with E-state index in [1.54, 1.807) is 0 Å². The fourth-order valence-corrected chi connectivity index (χ4v) is 3.02. The van der Waals surface area contributed by atoms with E-state index in [2.05, 4.69) is 30.1 Å². The van der Waals surface area contributed by atoms with Gasteiger partial charge in [-0.25, -0.2) is 4.79 Å². The molecule has 1 aromatic carbocycles. The highest BCUT2D eigenvalue weighted by Crippen LogP contribution is 2.29. The van der Waals surface area contributed by atoms with Crippen LogP contribution >= 0.6 is 0 Å². The zero-order chi connectivity index (χ0) is 15.3. The number of rotatable bonds is 5. The summed E-state index contributed by atoms with van der Waals surface area (Å²) >= 11 is 0. The minimum atomic E-state index is -0.592. The lowest BCUT2D eigenvalue weighted by atomic mass is 9.86. The molecule has 0 unspecified atom stereocenters. The summed E-state index contributed by atoms with van der Waals surface area (Å²) in [5.41, 5.74) is 1.58. The molecule has 1 fully saturated rings. The molecule has 0 saturated carbocycles. The van der Waals surface area contributed by atoms with E-state index in [-0.39, 0.29) is 5.97 Å². The Morgan fingerprint density at radius 2 is 2.00 bits per heavy atom. The molecule has 4 nitrogen and oxygen atoms in total. The number of nitrogens with zero attached hydrogens (tertiary/aromatic N) is 1. The quantitative estimate of drug-likeness (QED) is 0.847. The van der Waals surface area contributed by atoms with Crippen LogP contribution in [-0.4, -0.2) is 43.2 Å². The van der Waals surface area contributed by atoms with Crippen LogP contribution in [0, 0.1) is 6.92 Å². The van der Waals surface area contributed by atoms with Gasteiger partial charge in [-0.2, -0.15) is 0 Å². The average Bonchev–Trinajstić information content (AvgIpc) is 2.51. The molecule has 0 bridgehead atoms. The van der Waals surface area contributed by atoms with E-state index in [9.17, 15) is 4.79 Å². The summed E-state index contributed by atoms with van der Waals surface area (Å²) in [6.07, 6.45) is 2.72. The van der Waals surface area contributed by atoms with E-state index in [1.807, 2.05) is 18.2 Å². The summed E-state index contributed by atoms with van der Waals surface area (Å²) in [7, 11) is 1.47. The monoisotopic (exact) mass is 290 g/mol. The van der Waals surface area contributed by atoms with Crippen LogP contribution in [0.25, 0.3) is 0 Å². The molecule has 0 aliphatic carbocycles. The van der Waals surface area contributed by atoms with Gasteiger partial charge < -0.3 is 15.0 Å². The van der Waals surface area contributed by atoms with Gasteiger partial charge in [-0.3, -0.25) is 0 Å². The highest BCUT2D eigenvalue weighted by molar-refractivity contribution is 5.85. The third kappa shape index (κ3) is 3.56. The van der Waals surface area contributed by atoms with Gasteiger partial charge in [0.15, 0.2) is 0 Å². The Morgan fingerprint density at radius 1 is 1.33 bits per heavy atom.